The zero-order valence-corrected chi connectivity index (χ0v) is 11.7. The maximum absolute atomic E-state index is 13.3. The number of methoxy groups -OCH3 is 1. The Labute approximate surface area is 118 Å². The summed E-state index contributed by atoms with van der Waals surface area (Å²) in [6.07, 6.45) is 0.647. The largest absolute Gasteiger partial charge is 0.496 e. The maximum Gasteiger partial charge on any atom is 0.123 e. The Balaban J connectivity index is 2.27. The summed E-state index contributed by atoms with van der Waals surface area (Å²) in [5, 5.41) is -0.313. The van der Waals surface area contributed by atoms with Crippen molar-refractivity contribution < 1.29 is 9.13 Å². The van der Waals surface area contributed by atoms with E-state index in [1.54, 1.807) is 13.2 Å². The molecule has 1 unspecified atom stereocenters. The SMILES string of the molecule is COc1ccc(F)cc1C(Cl)Cc1ccccc1C. The number of aryl methyl sites for hydroxylation is 1. The van der Waals surface area contributed by atoms with Crippen LogP contribution in [0.4, 0.5) is 4.39 Å². The summed E-state index contributed by atoms with van der Waals surface area (Å²) < 4.78 is 18.6. The van der Waals surface area contributed by atoms with Crippen LogP contribution in [0.25, 0.3) is 0 Å². The Morgan fingerprint density at radius 1 is 1.21 bits per heavy atom. The van der Waals surface area contributed by atoms with Crippen molar-refractivity contribution in [3.05, 3.63) is 65.0 Å². The molecule has 3 heteroatoms. The van der Waals surface area contributed by atoms with Crippen molar-refractivity contribution in [3.8, 4) is 5.75 Å². The van der Waals surface area contributed by atoms with Gasteiger partial charge in [-0.05, 0) is 42.7 Å². The molecule has 0 spiro atoms. The molecule has 0 radical (unpaired) electrons. The molecular formula is C16H16ClFO. The summed E-state index contributed by atoms with van der Waals surface area (Å²) in [4.78, 5) is 0. The van der Waals surface area contributed by atoms with Crippen molar-refractivity contribution >= 4 is 11.6 Å². The van der Waals surface area contributed by atoms with Crippen LogP contribution in [-0.2, 0) is 6.42 Å². The van der Waals surface area contributed by atoms with Gasteiger partial charge in [-0.25, -0.2) is 4.39 Å². The molecule has 0 aliphatic heterocycles. The molecule has 2 aromatic carbocycles. The van der Waals surface area contributed by atoms with Crippen molar-refractivity contribution in [3.63, 3.8) is 0 Å². The van der Waals surface area contributed by atoms with Gasteiger partial charge < -0.3 is 4.74 Å². The molecule has 1 nitrogen and oxygen atoms in total. The van der Waals surface area contributed by atoms with Crippen molar-refractivity contribution in [1.82, 2.24) is 0 Å². The smallest absolute Gasteiger partial charge is 0.123 e. The van der Waals surface area contributed by atoms with Crippen LogP contribution in [0.2, 0.25) is 0 Å². The molecule has 100 valence electrons. The first-order valence-corrected chi connectivity index (χ1v) is 6.57. The quantitative estimate of drug-likeness (QED) is 0.739. The van der Waals surface area contributed by atoms with E-state index in [2.05, 4.69) is 0 Å². The van der Waals surface area contributed by atoms with Crippen LogP contribution in [0, 0.1) is 12.7 Å². The summed E-state index contributed by atoms with van der Waals surface area (Å²) in [7, 11) is 1.56. The van der Waals surface area contributed by atoms with E-state index in [9.17, 15) is 4.39 Å². The van der Waals surface area contributed by atoms with E-state index in [0.717, 1.165) is 5.56 Å². The summed E-state index contributed by atoms with van der Waals surface area (Å²) in [5.74, 6) is 0.321. The van der Waals surface area contributed by atoms with Crippen LogP contribution in [0.1, 0.15) is 22.1 Å². The van der Waals surface area contributed by atoms with Gasteiger partial charge >= 0.3 is 0 Å². The van der Waals surface area contributed by atoms with Crippen molar-refractivity contribution in [2.75, 3.05) is 7.11 Å². The fourth-order valence-corrected chi connectivity index (χ4v) is 2.43. The topological polar surface area (TPSA) is 9.23 Å². The minimum Gasteiger partial charge on any atom is -0.496 e. The molecule has 0 amide bonds. The second kappa shape index (κ2) is 6.07. The number of halogens is 2. The van der Waals surface area contributed by atoms with Crippen LogP contribution in [-0.4, -0.2) is 7.11 Å². The average Bonchev–Trinajstić information content (AvgIpc) is 2.41. The second-order valence-electron chi connectivity index (χ2n) is 4.48. The van der Waals surface area contributed by atoms with E-state index in [0.29, 0.717) is 17.7 Å². The van der Waals surface area contributed by atoms with Crippen molar-refractivity contribution in [2.45, 2.75) is 18.7 Å². The van der Waals surface area contributed by atoms with Crippen molar-refractivity contribution in [2.24, 2.45) is 0 Å². The molecule has 1 atom stereocenters. The number of rotatable bonds is 4. The lowest BCUT2D eigenvalue weighted by atomic mass is 9.99. The second-order valence-corrected chi connectivity index (χ2v) is 5.01. The number of alkyl halides is 1. The zero-order chi connectivity index (χ0) is 13.8. The molecule has 0 aromatic heterocycles. The van der Waals surface area contributed by atoms with Gasteiger partial charge in [-0.3, -0.25) is 0 Å². The van der Waals surface area contributed by atoms with E-state index < -0.39 is 0 Å². The van der Waals surface area contributed by atoms with Gasteiger partial charge in [0, 0.05) is 5.56 Å². The van der Waals surface area contributed by atoms with Gasteiger partial charge in [0.25, 0.3) is 0 Å². The number of hydrogen-bond donors (Lipinski definition) is 0. The molecule has 0 N–H and O–H groups in total. The summed E-state index contributed by atoms with van der Waals surface area (Å²) in [5.41, 5.74) is 3.03. The third kappa shape index (κ3) is 3.27. The standard InChI is InChI=1S/C16H16ClFO/c1-11-5-3-4-6-12(11)9-15(17)14-10-13(18)7-8-16(14)19-2/h3-8,10,15H,9H2,1-2H3. The predicted octanol–water partition coefficient (Wildman–Crippen LogP) is 4.67. The van der Waals surface area contributed by atoms with Gasteiger partial charge in [-0.2, -0.15) is 0 Å². The van der Waals surface area contributed by atoms with Gasteiger partial charge in [0.1, 0.15) is 11.6 Å². The van der Waals surface area contributed by atoms with Crippen LogP contribution in [0.15, 0.2) is 42.5 Å². The minimum atomic E-state index is -0.313. The van der Waals surface area contributed by atoms with Crippen molar-refractivity contribution in [1.29, 1.82) is 0 Å². The zero-order valence-electron chi connectivity index (χ0n) is 11.0. The predicted molar refractivity (Wildman–Crippen MR) is 76.4 cm³/mol. The average molecular weight is 279 g/mol. The van der Waals surface area contributed by atoms with E-state index in [4.69, 9.17) is 16.3 Å². The fraction of sp³-hybridized carbons (Fsp3) is 0.250. The van der Waals surface area contributed by atoms with Crippen LogP contribution < -0.4 is 4.74 Å². The van der Waals surface area contributed by atoms with Gasteiger partial charge in [0.05, 0.1) is 12.5 Å². The highest BCUT2D eigenvalue weighted by Crippen LogP contribution is 2.33. The highest BCUT2D eigenvalue weighted by Gasteiger charge is 2.16. The molecular weight excluding hydrogens is 263 g/mol. The molecule has 2 aromatic rings. The Bertz CT molecular complexity index is 568. The molecule has 0 saturated heterocycles. The van der Waals surface area contributed by atoms with Gasteiger partial charge in [-0.15, -0.1) is 11.6 Å². The third-order valence-corrected chi connectivity index (χ3v) is 3.58. The van der Waals surface area contributed by atoms with E-state index >= 15 is 0 Å². The lowest BCUT2D eigenvalue weighted by molar-refractivity contribution is 0.407. The van der Waals surface area contributed by atoms with E-state index in [1.807, 2.05) is 31.2 Å². The lowest BCUT2D eigenvalue weighted by Crippen LogP contribution is -2.01. The Kier molecular flexibility index (Phi) is 4.43. The molecule has 0 heterocycles. The fourth-order valence-electron chi connectivity index (χ4n) is 2.09. The molecule has 0 aliphatic carbocycles. The van der Waals surface area contributed by atoms with E-state index in [-0.39, 0.29) is 11.2 Å². The number of ether oxygens (including phenoxy) is 1. The molecule has 19 heavy (non-hydrogen) atoms. The van der Waals surface area contributed by atoms with Crippen LogP contribution >= 0.6 is 11.6 Å². The monoisotopic (exact) mass is 278 g/mol. The molecule has 0 aliphatic rings. The Morgan fingerprint density at radius 2 is 1.95 bits per heavy atom. The first-order valence-electron chi connectivity index (χ1n) is 6.14. The Hall–Kier alpha value is -1.54. The molecule has 0 saturated carbocycles. The van der Waals surface area contributed by atoms with Crippen LogP contribution in [0.3, 0.4) is 0 Å². The third-order valence-electron chi connectivity index (χ3n) is 3.19. The highest BCUT2D eigenvalue weighted by atomic mass is 35.5. The van der Waals surface area contributed by atoms with Gasteiger partial charge in [-0.1, -0.05) is 24.3 Å². The first kappa shape index (κ1) is 13.9. The summed E-state index contributed by atoms with van der Waals surface area (Å²) >= 11 is 6.42. The normalized spacial score (nSPS) is 12.2. The molecule has 0 fully saturated rings. The summed E-state index contributed by atoms with van der Waals surface area (Å²) in [6, 6.07) is 12.5. The molecule has 2 rings (SSSR count). The highest BCUT2D eigenvalue weighted by molar-refractivity contribution is 6.21. The number of benzene rings is 2. The molecule has 0 bridgehead atoms. The summed E-state index contributed by atoms with van der Waals surface area (Å²) in [6.45, 7) is 2.04. The van der Waals surface area contributed by atoms with Gasteiger partial charge in [0.15, 0.2) is 0 Å². The lowest BCUT2D eigenvalue weighted by Gasteiger charge is -2.15. The van der Waals surface area contributed by atoms with Crippen LogP contribution in [0.5, 0.6) is 5.75 Å². The van der Waals surface area contributed by atoms with Gasteiger partial charge in [0.2, 0.25) is 0 Å². The minimum absolute atomic E-state index is 0.300. The van der Waals surface area contributed by atoms with E-state index in [1.165, 1.54) is 17.7 Å². The Morgan fingerprint density at radius 3 is 2.63 bits per heavy atom. The maximum atomic E-state index is 13.3. The first-order chi connectivity index (χ1) is 9.11. The number of hydrogen-bond acceptors (Lipinski definition) is 1.